The summed E-state index contributed by atoms with van der Waals surface area (Å²) < 4.78 is 23.1. The van der Waals surface area contributed by atoms with Crippen LogP contribution < -0.4 is 0 Å². The van der Waals surface area contributed by atoms with Crippen LogP contribution in [0.3, 0.4) is 0 Å². The van der Waals surface area contributed by atoms with Gasteiger partial charge in [0.25, 0.3) is 5.91 Å². The number of nitrogens with zero attached hydrogens (tertiary/aromatic N) is 1. The molecule has 2 aromatic rings. The molecule has 1 N–H and O–H groups in total. The first kappa shape index (κ1) is 18.2. The summed E-state index contributed by atoms with van der Waals surface area (Å²) in [6.07, 6.45) is 1.58. The first-order chi connectivity index (χ1) is 11.3. The Balaban J connectivity index is 2.15. The Labute approximate surface area is 144 Å². The van der Waals surface area contributed by atoms with Crippen LogP contribution in [0, 0.1) is 0 Å². The standard InChI is InChI=1S/C16H17NO5S2/c1-24(21,22)15-9-13(11-23-15)16(20)17(10-14(18)19)8-7-12-5-3-2-4-6-12/h2-6,9,11H,7-8,10H2,1H3,(H,18,19). The van der Waals surface area contributed by atoms with E-state index in [9.17, 15) is 18.0 Å². The van der Waals surface area contributed by atoms with Crippen molar-refractivity contribution in [2.24, 2.45) is 0 Å². The lowest BCUT2D eigenvalue weighted by Crippen LogP contribution is -2.37. The molecule has 8 heteroatoms. The monoisotopic (exact) mass is 367 g/mol. The van der Waals surface area contributed by atoms with E-state index in [2.05, 4.69) is 0 Å². The Morgan fingerprint density at radius 1 is 1.21 bits per heavy atom. The van der Waals surface area contributed by atoms with Crippen LogP contribution in [-0.4, -0.2) is 49.6 Å². The van der Waals surface area contributed by atoms with E-state index in [1.54, 1.807) is 0 Å². The summed E-state index contributed by atoms with van der Waals surface area (Å²) in [5.74, 6) is -1.60. The number of carboxylic acid groups (broad SMARTS) is 1. The fourth-order valence-corrected chi connectivity index (χ4v) is 3.92. The van der Waals surface area contributed by atoms with Gasteiger partial charge in [-0.3, -0.25) is 9.59 Å². The van der Waals surface area contributed by atoms with E-state index in [-0.39, 0.29) is 16.3 Å². The Morgan fingerprint density at radius 3 is 2.42 bits per heavy atom. The average Bonchev–Trinajstić information content (AvgIpc) is 3.01. The quantitative estimate of drug-likeness (QED) is 0.807. The van der Waals surface area contributed by atoms with Crippen molar-refractivity contribution in [2.45, 2.75) is 10.6 Å². The van der Waals surface area contributed by atoms with Crippen LogP contribution in [-0.2, 0) is 21.1 Å². The van der Waals surface area contributed by atoms with Crippen molar-refractivity contribution in [2.75, 3.05) is 19.3 Å². The second kappa shape index (κ2) is 7.59. The van der Waals surface area contributed by atoms with Crippen LogP contribution in [0.15, 0.2) is 46.0 Å². The summed E-state index contributed by atoms with van der Waals surface area (Å²) in [4.78, 5) is 24.8. The third-order valence-electron chi connectivity index (χ3n) is 3.31. The number of sulfone groups is 1. The molecule has 1 aromatic carbocycles. The molecule has 0 aliphatic rings. The summed E-state index contributed by atoms with van der Waals surface area (Å²) in [7, 11) is -3.39. The highest BCUT2D eigenvalue weighted by atomic mass is 32.2. The molecule has 0 fully saturated rings. The lowest BCUT2D eigenvalue weighted by atomic mass is 10.1. The van der Waals surface area contributed by atoms with Crippen molar-refractivity contribution in [3.63, 3.8) is 0 Å². The summed E-state index contributed by atoms with van der Waals surface area (Å²) in [6.45, 7) is -0.199. The molecule has 1 heterocycles. The van der Waals surface area contributed by atoms with Crippen LogP contribution in [0.2, 0.25) is 0 Å². The molecule has 0 aliphatic heterocycles. The van der Waals surface area contributed by atoms with Gasteiger partial charge in [-0.25, -0.2) is 8.42 Å². The first-order valence-electron chi connectivity index (χ1n) is 7.11. The molecule has 0 saturated carbocycles. The van der Waals surface area contributed by atoms with Gasteiger partial charge in [0.1, 0.15) is 10.8 Å². The van der Waals surface area contributed by atoms with Crippen LogP contribution in [0.1, 0.15) is 15.9 Å². The number of carbonyl (C=O) groups is 2. The zero-order chi connectivity index (χ0) is 17.7. The Hall–Kier alpha value is -2.19. The van der Waals surface area contributed by atoms with Crippen LogP contribution in [0.5, 0.6) is 0 Å². The molecule has 0 spiro atoms. The summed E-state index contributed by atoms with van der Waals surface area (Å²) in [6, 6.07) is 10.7. The van der Waals surface area contributed by atoms with Crippen molar-refractivity contribution < 1.29 is 23.1 Å². The summed E-state index contributed by atoms with van der Waals surface area (Å²) in [5.41, 5.74) is 1.18. The molecular formula is C16H17NO5S2. The van der Waals surface area contributed by atoms with Gasteiger partial charge in [-0.1, -0.05) is 30.3 Å². The van der Waals surface area contributed by atoms with E-state index in [1.165, 1.54) is 16.3 Å². The number of thiophene rings is 1. The Bertz CT molecular complexity index is 827. The fraction of sp³-hybridized carbons (Fsp3) is 0.250. The molecule has 1 aromatic heterocycles. The molecule has 0 saturated heterocycles. The van der Waals surface area contributed by atoms with Gasteiger partial charge in [-0.15, -0.1) is 11.3 Å². The van der Waals surface area contributed by atoms with Crippen LogP contribution >= 0.6 is 11.3 Å². The van der Waals surface area contributed by atoms with E-state index < -0.39 is 28.3 Å². The van der Waals surface area contributed by atoms with E-state index >= 15 is 0 Å². The largest absolute Gasteiger partial charge is 0.480 e. The highest BCUT2D eigenvalue weighted by Gasteiger charge is 2.21. The lowest BCUT2D eigenvalue weighted by molar-refractivity contribution is -0.137. The number of aliphatic carboxylic acids is 1. The number of benzene rings is 1. The van der Waals surface area contributed by atoms with Gasteiger partial charge < -0.3 is 10.0 Å². The molecule has 0 radical (unpaired) electrons. The molecule has 0 aliphatic carbocycles. The number of hydrogen-bond donors (Lipinski definition) is 1. The molecule has 2 rings (SSSR count). The summed E-state index contributed by atoms with van der Waals surface area (Å²) in [5, 5.41) is 10.5. The lowest BCUT2D eigenvalue weighted by Gasteiger charge is -2.20. The number of carbonyl (C=O) groups excluding carboxylic acids is 1. The van der Waals surface area contributed by atoms with Gasteiger partial charge >= 0.3 is 5.97 Å². The van der Waals surface area contributed by atoms with E-state index in [0.717, 1.165) is 23.2 Å². The Morgan fingerprint density at radius 2 is 1.88 bits per heavy atom. The zero-order valence-electron chi connectivity index (χ0n) is 13.0. The highest BCUT2D eigenvalue weighted by Crippen LogP contribution is 2.21. The van der Waals surface area contributed by atoms with Gasteiger partial charge in [-0.05, 0) is 18.1 Å². The first-order valence-corrected chi connectivity index (χ1v) is 9.88. The van der Waals surface area contributed by atoms with Crippen molar-refractivity contribution in [3.05, 3.63) is 52.9 Å². The third kappa shape index (κ3) is 4.90. The van der Waals surface area contributed by atoms with Gasteiger partial charge in [0.2, 0.25) is 0 Å². The number of carboxylic acids is 1. The van der Waals surface area contributed by atoms with Crippen LogP contribution in [0.25, 0.3) is 0 Å². The topological polar surface area (TPSA) is 91.8 Å². The van der Waals surface area contributed by atoms with Gasteiger partial charge in [0.15, 0.2) is 9.84 Å². The second-order valence-corrected chi connectivity index (χ2v) is 8.44. The second-order valence-electron chi connectivity index (χ2n) is 5.28. The molecule has 0 atom stereocenters. The maximum absolute atomic E-state index is 12.5. The molecule has 6 nitrogen and oxygen atoms in total. The van der Waals surface area contributed by atoms with Crippen molar-refractivity contribution in [1.29, 1.82) is 0 Å². The van der Waals surface area contributed by atoms with Gasteiger partial charge in [0, 0.05) is 18.2 Å². The molecule has 0 unspecified atom stereocenters. The number of hydrogen-bond acceptors (Lipinski definition) is 5. The minimum Gasteiger partial charge on any atom is -0.480 e. The molecule has 1 amide bonds. The minimum absolute atomic E-state index is 0.0872. The predicted molar refractivity (Wildman–Crippen MR) is 91.1 cm³/mol. The summed E-state index contributed by atoms with van der Waals surface area (Å²) >= 11 is 0.953. The molecular weight excluding hydrogens is 350 g/mol. The van der Waals surface area contributed by atoms with Crippen LogP contribution in [0.4, 0.5) is 0 Å². The van der Waals surface area contributed by atoms with Crippen molar-refractivity contribution in [3.8, 4) is 0 Å². The highest BCUT2D eigenvalue weighted by molar-refractivity contribution is 7.92. The normalized spacial score (nSPS) is 11.2. The van der Waals surface area contributed by atoms with E-state index in [1.807, 2.05) is 30.3 Å². The minimum atomic E-state index is -3.39. The number of rotatable bonds is 7. The number of amides is 1. The van der Waals surface area contributed by atoms with Gasteiger partial charge in [0.05, 0.1) is 5.56 Å². The zero-order valence-corrected chi connectivity index (χ0v) is 14.6. The van der Waals surface area contributed by atoms with Gasteiger partial charge in [-0.2, -0.15) is 0 Å². The molecule has 0 bridgehead atoms. The van der Waals surface area contributed by atoms with Crippen molar-refractivity contribution in [1.82, 2.24) is 4.90 Å². The SMILES string of the molecule is CS(=O)(=O)c1cc(C(=O)N(CCc2ccccc2)CC(=O)O)cs1. The molecule has 24 heavy (non-hydrogen) atoms. The molecule has 128 valence electrons. The van der Waals surface area contributed by atoms with E-state index in [4.69, 9.17) is 5.11 Å². The maximum Gasteiger partial charge on any atom is 0.323 e. The Kier molecular flexibility index (Phi) is 5.74. The maximum atomic E-state index is 12.5. The fourth-order valence-electron chi connectivity index (χ4n) is 2.13. The average molecular weight is 367 g/mol. The van der Waals surface area contributed by atoms with Crippen molar-refractivity contribution >= 4 is 33.1 Å². The third-order valence-corrected chi connectivity index (χ3v) is 6.08. The predicted octanol–water partition coefficient (Wildman–Crippen LogP) is 1.92. The smallest absolute Gasteiger partial charge is 0.323 e. The van der Waals surface area contributed by atoms with E-state index in [0.29, 0.717) is 6.42 Å².